The lowest BCUT2D eigenvalue weighted by molar-refractivity contribution is 0.191. The second-order valence-electron chi connectivity index (χ2n) is 5.02. The molecule has 0 aromatic carbocycles. The first-order chi connectivity index (χ1) is 6.58. The van der Waals surface area contributed by atoms with Crippen molar-refractivity contribution in [2.75, 3.05) is 19.8 Å². The lowest BCUT2D eigenvalue weighted by Gasteiger charge is -2.19. The summed E-state index contributed by atoms with van der Waals surface area (Å²) in [5.74, 6) is 0.671. The fourth-order valence-electron chi connectivity index (χ4n) is 1.52. The highest BCUT2D eigenvalue weighted by Crippen LogP contribution is 2.13. The summed E-state index contributed by atoms with van der Waals surface area (Å²) >= 11 is 0. The van der Waals surface area contributed by atoms with Crippen LogP contribution in [0.25, 0.3) is 0 Å². The molecule has 1 N–H and O–H groups in total. The number of hydrogen-bond donors (Lipinski definition) is 1. The molecule has 1 saturated heterocycles. The van der Waals surface area contributed by atoms with Crippen LogP contribution in [0.5, 0.6) is 0 Å². The molecule has 82 valence electrons. The number of nitrogens with one attached hydrogen (secondary N) is 1. The van der Waals surface area contributed by atoms with Crippen LogP contribution in [0.4, 0.5) is 0 Å². The maximum absolute atomic E-state index is 5.30. The minimum Gasteiger partial charge on any atom is -0.381 e. The van der Waals surface area contributed by atoms with Gasteiger partial charge >= 0.3 is 0 Å². The van der Waals surface area contributed by atoms with Gasteiger partial charge in [0, 0.05) is 18.1 Å². The predicted molar refractivity (Wildman–Crippen MR) is 60.4 cm³/mol. The second-order valence-corrected chi connectivity index (χ2v) is 5.02. The molecule has 2 heteroatoms. The van der Waals surface area contributed by atoms with Crippen molar-refractivity contribution in [3.8, 4) is 0 Å². The molecule has 1 rings (SSSR count). The molecule has 1 heterocycles. The lowest BCUT2D eigenvalue weighted by Crippen LogP contribution is -2.36. The molecule has 0 amide bonds. The van der Waals surface area contributed by atoms with Crippen molar-refractivity contribution in [3.05, 3.63) is 12.2 Å². The van der Waals surface area contributed by atoms with Gasteiger partial charge < -0.3 is 10.1 Å². The van der Waals surface area contributed by atoms with Gasteiger partial charge in [-0.15, -0.1) is 0 Å². The Morgan fingerprint density at radius 1 is 1.43 bits per heavy atom. The highest BCUT2D eigenvalue weighted by Gasteiger charge is 2.11. The van der Waals surface area contributed by atoms with Crippen molar-refractivity contribution in [2.45, 2.75) is 39.2 Å². The van der Waals surface area contributed by atoms with Gasteiger partial charge in [-0.05, 0) is 40.2 Å². The van der Waals surface area contributed by atoms with Gasteiger partial charge in [0.25, 0.3) is 0 Å². The molecule has 0 spiro atoms. The Balaban J connectivity index is 2.03. The Hall–Kier alpha value is -0.340. The maximum atomic E-state index is 5.30. The Morgan fingerprint density at radius 2 is 2.21 bits per heavy atom. The first-order valence-corrected chi connectivity index (χ1v) is 5.57. The van der Waals surface area contributed by atoms with Crippen LogP contribution in [0, 0.1) is 5.92 Å². The van der Waals surface area contributed by atoms with Gasteiger partial charge in [-0.25, -0.2) is 0 Å². The zero-order chi connectivity index (χ0) is 10.4. The van der Waals surface area contributed by atoms with Gasteiger partial charge in [0.15, 0.2) is 0 Å². The highest BCUT2D eigenvalue weighted by atomic mass is 16.5. The van der Waals surface area contributed by atoms with E-state index in [1.54, 1.807) is 0 Å². The van der Waals surface area contributed by atoms with Crippen molar-refractivity contribution in [3.63, 3.8) is 0 Å². The van der Waals surface area contributed by atoms with E-state index >= 15 is 0 Å². The topological polar surface area (TPSA) is 21.3 Å². The van der Waals surface area contributed by atoms with E-state index in [1.807, 2.05) is 0 Å². The van der Waals surface area contributed by atoms with Crippen LogP contribution >= 0.6 is 0 Å². The van der Waals surface area contributed by atoms with Gasteiger partial charge in [0.05, 0.1) is 6.61 Å². The molecule has 1 atom stereocenters. The van der Waals surface area contributed by atoms with E-state index in [9.17, 15) is 0 Å². The van der Waals surface area contributed by atoms with Gasteiger partial charge in [-0.3, -0.25) is 0 Å². The van der Waals surface area contributed by atoms with Crippen molar-refractivity contribution >= 4 is 0 Å². The third kappa shape index (κ3) is 5.40. The summed E-state index contributed by atoms with van der Waals surface area (Å²) in [6.07, 6.45) is 6.90. The van der Waals surface area contributed by atoms with Gasteiger partial charge in [-0.1, -0.05) is 12.2 Å². The molecular formula is C12H23NO. The monoisotopic (exact) mass is 197 g/mol. The zero-order valence-electron chi connectivity index (χ0n) is 9.68. The Kier molecular flexibility index (Phi) is 4.63. The Morgan fingerprint density at radius 3 is 2.79 bits per heavy atom. The first kappa shape index (κ1) is 11.7. The van der Waals surface area contributed by atoms with E-state index in [0.717, 1.165) is 26.2 Å². The van der Waals surface area contributed by atoms with Crippen LogP contribution in [0.15, 0.2) is 12.2 Å². The van der Waals surface area contributed by atoms with Crippen LogP contribution in [-0.2, 0) is 4.74 Å². The van der Waals surface area contributed by atoms with Gasteiger partial charge in [0.1, 0.15) is 0 Å². The van der Waals surface area contributed by atoms with Crippen LogP contribution in [0.3, 0.4) is 0 Å². The molecule has 1 aliphatic heterocycles. The maximum Gasteiger partial charge on any atom is 0.0529 e. The summed E-state index contributed by atoms with van der Waals surface area (Å²) in [6.45, 7) is 9.51. The molecule has 1 aliphatic rings. The molecule has 0 aliphatic carbocycles. The van der Waals surface area contributed by atoms with E-state index in [4.69, 9.17) is 4.74 Å². The molecule has 0 saturated carbocycles. The molecular weight excluding hydrogens is 174 g/mol. The molecule has 1 unspecified atom stereocenters. The third-order valence-electron chi connectivity index (χ3n) is 2.34. The van der Waals surface area contributed by atoms with Gasteiger partial charge in [-0.2, -0.15) is 0 Å². The summed E-state index contributed by atoms with van der Waals surface area (Å²) < 4.78 is 5.30. The van der Waals surface area contributed by atoms with Crippen molar-refractivity contribution in [2.24, 2.45) is 5.92 Å². The highest BCUT2D eigenvalue weighted by molar-refractivity contribution is 4.90. The summed E-state index contributed by atoms with van der Waals surface area (Å²) in [4.78, 5) is 0. The van der Waals surface area contributed by atoms with E-state index < -0.39 is 0 Å². The van der Waals surface area contributed by atoms with Crippen LogP contribution in [-0.4, -0.2) is 25.3 Å². The largest absolute Gasteiger partial charge is 0.381 e. The molecule has 0 radical (unpaired) electrons. The van der Waals surface area contributed by atoms with Crippen molar-refractivity contribution in [1.29, 1.82) is 0 Å². The fraction of sp³-hybridized carbons (Fsp3) is 0.833. The lowest BCUT2D eigenvalue weighted by atomic mass is 10.1. The van der Waals surface area contributed by atoms with E-state index in [1.165, 1.54) is 6.42 Å². The average Bonchev–Trinajstić information content (AvgIpc) is 2.54. The number of ether oxygens (including phenoxy) is 1. The quantitative estimate of drug-likeness (QED) is 0.552. The molecule has 1 fully saturated rings. The first-order valence-electron chi connectivity index (χ1n) is 5.57. The van der Waals surface area contributed by atoms with Crippen LogP contribution in [0.1, 0.15) is 33.6 Å². The second kappa shape index (κ2) is 5.52. The molecule has 14 heavy (non-hydrogen) atoms. The minimum atomic E-state index is 0.240. The molecule has 0 aromatic rings. The molecule has 2 nitrogen and oxygen atoms in total. The normalized spacial score (nSPS) is 23.5. The average molecular weight is 197 g/mol. The Labute approximate surface area is 87.7 Å². The molecule has 0 aromatic heterocycles. The van der Waals surface area contributed by atoms with E-state index in [0.29, 0.717) is 5.92 Å². The van der Waals surface area contributed by atoms with Crippen molar-refractivity contribution < 1.29 is 4.74 Å². The van der Waals surface area contributed by atoms with Crippen LogP contribution in [0.2, 0.25) is 0 Å². The van der Waals surface area contributed by atoms with Gasteiger partial charge in [0.2, 0.25) is 0 Å². The summed E-state index contributed by atoms with van der Waals surface area (Å²) in [6, 6.07) is 0. The van der Waals surface area contributed by atoms with Crippen LogP contribution < -0.4 is 5.32 Å². The third-order valence-corrected chi connectivity index (χ3v) is 2.34. The van der Waals surface area contributed by atoms with E-state index in [2.05, 4.69) is 38.2 Å². The van der Waals surface area contributed by atoms with Crippen molar-refractivity contribution in [1.82, 2.24) is 5.32 Å². The fourth-order valence-corrected chi connectivity index (χ4v) is 1.52. The number of hydrogen-bond acceptors (Lipinski definition) is 2. The number of rotatable bonds is 4. The minimum absolute atomic E-state index is 0.240. The summed E-state index contributed by atoms with van der Waals surface area (Å²) in [5, 5.41) is 3.46. The predicted octanol–water partition coefficient (Wildman–Crippen LogP) is 2.36. The standard InChI is InChI=1S/C12H23NO/c1-12(2,3)13-8-5-4-6-11-7-9-14-10-11/h4,6,11,13H,5,7-10H2,1-3H3. The summed E-state index contributed by atoms with van der Waals surface area (Å²) in [5.41, 5.74) is 0.240. The molecule has 0 bridgehead atoms. The SMILES string of the molecule is CC(C)(C)NCCC=CC1CCOC1. The smallest absolute Gasteiger partial charge is 0.0529 e. The Bertz CT molecular complexity index is 175. The summed E-state index contributed by atoms with van der Waals surface area (Å²) in [7, 11) is 0. The van der Waals surface area contributed by atoms with E-state index in [-0.39, 0.29) is 5.54 Å². The zero-order valence-corrected chi connectivity index (χ0v) is 9.68.